The van der Waals surface area contributed by atoms with Gasteiger partial charge in [0, 0.05) is 26.2 Å². The Morgan fingerprint density at radius 3 is 2.64 bits per heavy atom. The SMILES string of the molecule is CN=C(NC1CC1C)N1CCC(Cc2ccc(F)cc2)C1.I. The smallest absolute Gasteiger partial charge is 0.193 e. The van der Waals surface area contributed by atoms with E-state index in [2.05, 4.69) is 22.1 Å². The summed E-state index contributed by atoms with van der Waals surface area (Å²) in [7, 11) is 1.86. The summed E-state index contributed by atoms with van der Waals surface area (Å²) in [4.78, 5) is 6.78. The summed E-state index contributed by atoms with van der Waals surface area (Å²) in [5.74, 6) is 2.30. The molecule has 3 nitrogen and oxygen atoms in total. The molecule has 5 heteroatoms. The van der Waals surface area contributed by atoms with Gasteiger partial charge in [-0.1, -0.05) is 19.1 Å². The van der Waals surface area contributed by atoms with E-state index in [9.17, 15) is 4.39 Å². The molecule has 0 aromatic heterocycles. The predicted octanol–water partition coefficient (Wildman–Crippen LogP) is 3.29. The van der Waals surface area contributed by atoms with Gasteiger partial charge in [0.05, 0.1) is 0 Å². The second kappa shape index (κ2) is 7.62. The lowest BCUT2D eigenvalue weighted by Crippen LogP contribution is -2.41. The zero-order valence-corrected chi connectivity index (χ0v) is 15.6. The number of guanidine groups is 1. The Bertz CT molecular complexity index is 517. The molecule has 0 amide bonds. The van der Waals surface area contributed by atoms with E-state index < -0.39 is 0 Å². The second-order valence-corrected chi connectivity index (χ2v) is 6.44. The van der Waals surface area contributed by atoms with Crippen molar-refractivity contribution in [3.8, 4) is 0 Å². The molecule has 2 aliphatic rings. The van der Waals surface area contributed by atoms with Gasteiger partial charge in [-0.2, -0.15) is 0 Å². The Morgan fingerprint density at radius 1 is 1.36 bits per heavy atom. The van der Waals surface area contributed by atoms with Crippen LogP contribution in [0.5, 0.6) is 0 Å². The molecule has 1 aromatic carbocycles. The summed E-state index contributed by atoms with van der Waals surface area (Å²) in [6.45, 7) is 4.37. The van der Waals surface area contributed by atoms with Crippen LogP contribution in [0.25, 0.3) is 0 Å². The zero-order chi connectivity index (χ0) is 14.8. The Kier molecular flexibility index (Phi) is 6.06. The summed E-state index contributed by atoms with van der Waals surface area (Å²) in [5.41, 5.74) is 1.22. The standard InChI is InChI=1S/C17H24FN3.HI/c1-12-9-16(12)20-17(19-2)21-8-7-14(11-21)10-13-3-5-15(18)6-4-13;/h3-6,12,14,16H,7-11H2,1-2H3,(H,19,20);1H. The van der Waals surface area contributed by atoms with E-state index in [0.717, 1.165) is 31.4 Å². The Labute approximate surface area is 149 Å². The quantitative estimate of drug-likeness (QED) is 0.465. The predicted molar refractivity (Wildman–Crippen MR) is 99.3 cm³/mol. The first-order valence-electron chi connectivity index (χ1n) is 7.88. The van der Waals surface area contributed by atoms with Gasteiger partial charge in [-0.15, -0.1) is 24.0 Å². The van der Waals surface area contributed by atoms with Crippen LogP contribution in [-0.4, -0.2) is 37.0 Å². The van der Waals surface area contributed by atoms with E-state index in [0.29, 0.717) is 12.0 Å². The minimum absolute atomic E-state index is 0. The third-order valence-corrected chi connectivity index (χ3v) is 4.66. The van der Waals surface area contributed by atoms with Crippen molar-refractivity contribution in [2.75, 3.05) is 20.1 Å². The van der Waals surface area contributed by atoms with Crippen molar-refractivity contribution in [1.29, 1.82) is 0 Å². The van der Waals surface area contributed by atoms with Gasteiger partial charge in [-0.25, -0.2) is 4.39 Å². The van der Waals surface area contributed by atoms with Gasteiger partial charge in [0.2, 0.25) is 0 Å². The first-order chi connectivity index (χ1) is 10.2. The average molecular weight is 417 g/mol. The van der Waals surface area contributed by atoms with E-state index in [4.69, 9.17) is 0 Å². The third kappa shape index (κ3) is 4.33. The van der Waals surface area contributed by atoms with Crippen molar-refractivity contribution in [1.82, 2.24) is 10.2 Å². The number of rotatable bonds is 3. The highest BCUT2D eigenvalue weighted by molar-refractivity contribution is 14.0. The van der Waals surface area contributed by atoms with E-state index in [-0.39, 0.29) is 29.8 Å². The average Bonchev–Trinajstić information content (AvgIpc) is 2.98. The molecular weight excluding hydrogens is 392 g/mol. The van der Waals surface area contributed by atoms with Crippen LogP contribution in [-0.2, 0) is 6.42 Å². The summed E-state index contributed by atoms with van der Waals surface area (Å²) in [6.07, 6.45) is 3.46. The van der Waals surface area contributed by atoms with E-state index in [1.54, 1.807) is 12.1 Å². The maximum Gasteiger partial charge on any atom is 0.193 e. The molecule has 1 aromatic rings. The molecule has 3 unspecified atom stereocenters. The Hall–Kier alpha value is -0.850. The van der Waals surface area contributed by atoms with Crippen molar-refractivity contribution in [3.05, 3.63) is 35.6 Å². The van der Waals surface area contributed by atoms with Gasteiger partial charge in [0.15, 0.2) is 5.96 Å². The van der Waals surface area contributed by atoms with Crippen molar-refractivity contribution in [2.24, 2.45) is 16.8 Å². The fourth-order valence-electron chi connectivity index (χ4n) is 3.13. The molecule has 2 fully saturated rings. The van der Waals surface area contributed by atoms with E-state index in [1.807, 2.05) is 19.2 Å². The van der Waals surface area contributed by atoms with Crippen LogP contribution < -0.4 is 5.32 Å². The fourth-order valence-corrected chi connectivity index (χ4v) is 3.13. The molecule has 122 valence electrons. The van der Waals surface area contributed by atoms with Gasteiger partial charge in [-0.3, -0.25) is 4.99 Å². The van der Waals surface area contributed by atoms with Crippen molar-refractivity contribution in [3.63, 3.8) is 0 Å². The minimum Gasteiger partial charge on any atom is -0.353 e. The third-order valence-electron chi connectivity index (χ3n) is 4.66. The van der Waals surface area contributed by atoms with Crippen LogP contribution in [0.1, 0.15) is 25.3 Å². The number of aliphatic imine (C=N–C) groups is 1. The maximum atomic E-state index is 12.9. The molecule has 22 heavy (non-hydrogen) atoms. The minimum atomic E-state index is -0.157. The molecule has 0 radical (unpaired) electrons. The van der Waals surface area contributed by atoms with Crippen molar-refractivity contribution < 1.29 is 4.39 Å². The highest BCUT2D eigenvalue weighted by atomic mass is 127. The number of benzene rings is 1. The highest BCUT2D eigenvalue weighted by Crippen LogP contribution is 2.29. The molecule has 1 aliphatic heterocycles. The number of likely N-dealkylation sites (tertiary alicyclic amines) is 1. The Balaban J connectivity index is 0.00000176. The van der Waals surface area contributed by atoms with Crippen LogP contribution in [0.15, 0.2) is 29.3 Å². The molecule has 1 aliphatic carbocycles. The molecule has 1 heterocycles. The van der Waals surface area contributed by atoms with Crippen LogP contribution in [0.4, 0.5) is 4.39 Å². The molecule has 0 bridgehead atoms. The summed E-state index contributed by atoms with van der Waals surface area (Å²) >= 11 is 0. The van der Waals surface area contributed by atoms with Gasteiger partial charge >= 0.3 is 0 Å². The normalized spacial score (nSPS) is 27.5. The monoisotopic (exact) mass is 417 g/mol. The van der Waals surface area contributed by atoms with Gasteiger partial charge in [-0.05, 0) is 48.8 Å². The number of halogens is 2. The van der Waals surface area contributed by atoms with E-state index >= 15 is 0 Å². The largest absolute Gasteiger partial charge is 0.353 e. The van der Waals surface area contributed by atoms with Crippen LogP contribution in [0.3, 0.4) is 0 Å². The van der Waals surface area contributed by atoms with Crippen LogP contribution >= 0.6 is 24.0 Å². The number of hydrogen-bond acceptors (Lipinski definition) is 1. The highest BCUT2D eigenvalue weighted by Gasteiger charge is 2.35. The molecule has 1 saturated heterocycles. The van der Waals surface area contributed by atoms with Crippen molar-refractivity contribution in [2.45, 2.75) is 32.2 Å². The van der Waals surface area contributed by atoms with E-state index in [1.165, 1.54) is 18.4 Å². The first kappa shape index (κ1) is 17.5. The summed E-state index contributed by atoms with van der Waals surface area (Å²) in [5, 5.41) is 3.55. The lowest BCUT2D eigenvalue weighted by atomic mass is 9.99. The van der Waals surface area contributed by atoms with Gasteiger partial charge in [0.25, 0.3) is 0 Å². The maximum absolute atomic E-state index is 12.9. The van der Waals surface area contributed by atoms with Crippen LogP contribution in [0, 0.1) is 17.7 Å². The summed E-state index contributed by atoms with van der Waals surface area (Å²) < 4.78 is 12.9. The summed E-state index contributed by atoms with van der Waals surface area (Å²) in [6, 6.07) is 7.52. The molecule has 1 saturated carbocycles. The molecular formula is C17H25FIN3. The van der Waals surface area contributed by atoms with Crippen LogP contribution in [0.2, 0.25) is 0 Å². The molecule has 1 N–H and O–H groups in total. The molecule has 3 atom stereocenters. The number of nitrogens with zero attached hydrogens (tertiary/aromatic N) is 2. The van der Waals surface area contributed by atoms with Gasteiger partial charge < -0.3 is 10.2 Å². The molecule has 0 spiro atoms. The fraction of sp³-hybridized carbons (Fsp3) is 0.588. The second-order valence-electron chi connectivity index (χ2n) is 6.44. The lowest BCUT2D eigenvalue weighted by molar-refractivity contribution is 0.458. The first-order valence-corrected chi connectivity index (χ1v) is 7.88. The van der Waals surface area contributed by atoms with Crippen molar-refractivity contribution >= 4 is 29.9 Å². The number of hydrogen-bond donors (Lipinski definition) is 1. The number of nitrogens with one attached hydrogen (secondary N) is 1. The lowest BCUT2D eigenvalue weighted by Gasteiger charge is -2.22. The topological polar surface area (TPSA) is 27.6 Å². The Morgan fingerprint density at radius 2 is 2.05 bits per heavy atom. The zero-order valence-electron chi connectivity index (χ0n) is 13.3. The van der Waals surface area contributed by atoms with Gasteiger partial charge in [0.1, 0.15) is 5.82 Å². The molecule has 3 rings (SSSR count).